The molecule has 1 aliphatic heterocycles. The normalized spacial score (nSPS) is 18.7. The lowest BCUT2D eigenvalue weighted by Gasteiger charge is -2.34. The van der Waals surface area contributed by atoms with Crippen molar-refractivity contribution in [1.82, 2.24) is 4.31 Å². The van der Waals surface area contributed by atoms with Gasteiger partial charge in [-0.25, -0.2) is 8.42 Å². The largest absolute Gasteiger partial charge is 0.381 e. The van der Waals surface area contributed by atoms with Crippen LogP contribution < -0.4 is 0 Å². The summed E-state index contributed by atoms with van der Waals surface area (Å²) in [5, 5.41) is -0.296. The van der Waals surface area contributed by atoms with E-state index in [1.54, 1.807) is 4.31 Å². The highest BCUT2D eigenvalue weighted by molar-refractivity contribution is 7.89. The molecular formula is C12H24ClNO3S. The smallest absolute Gasteiger partial charge is 0.217 e. The molecule has 0 radical (unpaired) electrons. The first kappa shape index (κ1) is 16.2. The van der Waals surface area contributed by atoms with Crippen LogP contribution in [0.1, 0.15) is 39.5 Å². The van der Waals surface area contributed by atoms with E-state index in [2.05, 4.69) is 0 Å². The van der Waals surface area contributed by atoms with Gasteiger partial charge in [0.1, 0.15) is 0 Å². The van der Waals surface area contributed by atoms with Crippen LogP contribution in [0.15, 0.2) is 0 Å². The molecule has 1 rings (SSSR count). The topological polar surface area (TPSA) is 46.6 Å². The molecule has 108 valence electrons. The zero-order chi connectivity index (χ0) is 13.6. The maximum Gasteiger partial charge on any atom is 0.217 e. The predicted octanol–water partition coefficient (Wildman–Crippen LogP) is 2.22. The van der Waals surface area contributed by atoms with E-state index in [-0.39, 0.29) is 11.3 Å². The van der Waals surface area contributed by atoms with Gasteiger partial charge in [0.2, 0.25) is 10.0 Å². The molecular weight excluding hydrogens is 274 g/mol. The summed E-state index contributed by atoms with van der Waals surface area (Å²) in [5.74, 6) is 0.346. The molecule has 18 heavy (non-hydrogen) atoms. The third kappa shape index (κ3) is 3.83. The van der Waals surface area contributed by atoms with Crippen LogP contribution in [0.4, 0.5) is 0 Å². The summed E-state index contributed by atoms with van der Waals surface area (Å²) in [6.07, 6.45) is 2.86. The predicted molar refractivity (Wildman–Crippen MR) is 74.6 cm³/mol. The molecule has 0 aromatic heterocycles. The molecule has 0 unspecified atom stereocenters. The molecule has 0 bridgehead atoms. The van der Waals surface area contributed by atoms with Crippen molar-refractivity contribution in [2.75, 3.05) is 25.6 Å². The van der Waals surface area contributed by atoms with Crippen molar-refractivity contribution in [3.63, 3.8) is 0 Å². The number of halogens is 1. The van der Waals surface area contributed by atoms with Gasteiger partial charge in [-0.1, -0.05) is 13.8 Å². The van der Waals surface area contributed by atoms with Gasteiger partial charge in [0.25, 0.3) is 0 Å². The summed E-state index contributed by atoms with van der Waals surface area (Å²) in [4.78, 5) is 0. The van der Waals surface area contributed by atoms with Gasteiger partial charge >= 0.3 is 0 Å². The van der Waals surface area contributed by atoms with Crippen molar-refractivity contribution >= 4 is 21.6 Å². The molecule has 1 aliphatic rings. The lowest BCUT2D eigenvalue weighted by Crippen LogP contribution is -2.47. The van der Waals surface area contributed by atoms with Crippen LogP contribution in [-0.2, 0) is 14.8 Å². The maximum atomic E-state index is 12.6. The molecule has 6 heteroatoms. The van der Waals surface area contributed by atoms with Crippen molar-refractivity contribution in [3.05, 3.63) is 0 Å². The molecule has 0 N–H and O–H groups in total. The number of hydrogen-bond acceptors (Lipinski definition) is 3. The van der Waals surface area contributed by atoms with Crippen molar-refractivity contribution in [2.45, 2.75) is 50.8 Å². The van der Waals surface area contributed by atoms with Crippen LogP contribution in [0.3, 0.4) is 0 Å². The van der Waals surface area contributed by atoms with Crippen LogP contribution in [0.2, 0.25) is 0 Å². The summed E-state index contributed by atoms with van der Waals surface area (Å²) in [5.41, 5.74) is 0. The van der Waals surface area contributed by atoms with E-state index in [4.69, 9.17) is 16.3 Å². The SMILES string of the molecule is CCC(CC)N(CCCl)S(=O)(=O)C1CCOCC1. The molecule has 1 heterocycles. The summed E-state index contributed by atoms with van der Waals surface area (Å²) in [7, 11) is -3.24. The zero-order valence-electron chi connectivity index (χ0n) is 11.3. The second-order valence-corrected chi connectivity index (χ2v) is 7.17. The molecule has 0 spiro atoms. The Labute approximate surface area is 116 Å². The fourth-order valence-electron chi connectivity index (χ4n) is 2.46. The lowest BCUT2D eigenvalue weighted by molar-refractivity contribution is 0.0967. The average Bonchev–Trinajstić information content (AvgIpc) is 2.40. The van der Waals surface area contributed by atoms with E-state index in [1.165, 1.54) is 0 Å². The first-order chi connectivity index (χ1) is 8.57. The summed E-state index contributed by atoms with van der Waals surface area (Å²) in [6, 6.07) is 0.0663. The van der Waals surface area contributed by atoms with Gasteiger partial charge in [-0.15, -0.1) is 11.6 Å². The van der Waals surface area contributed by atoms with Gasteiger partial charge in [0.05, 0.1) is 5.25 Å². The van der Waals surface area contributed by atoms with Gasteiger partial charge in [-0.05, 0) is 25.7 Å². The molecule has 0 aromatic carbocycles. The molecule has 0 atom stereocenters. The highest BCUT2D eigenvalue weighted by Gasteiger charge is 2.35. The van der Waals surface area contributed by atoms with Crippen molar-refractivity contribution in [2.24, 2.45) is 0 Å². The zero-order valence-corrected chi connectivity index (χ0v) is 12.8. The minimum atomic E-state index is -3.24. The minimum Gasteiger partial charge on any atom is -0.381 e. The van der Waals surface area contributed by atoms with Crippen molar-refractivity contribution in [1.29, 1.82) is 0 Å². The van der Waals surface area contributed by atoms with E-state index in [9.17, 15) is 8.42 Å². The van der Waals surface area contributed by atoms with E-state index in [1.807, 2.05) is 13.8 Å². The molecule has 1 fully saturated rings. The number of alkyl halides is 1. The first-order valence-corrected chi connectivity index (χ1v) is 8.76. The van der Waals surface area contributed by atoms with Crippen molar-refractivity contribution in [3.8, 4) is 0 Å². The Kier molecular flexibility index (Phi) is 6.92. The summed E-state index contributed by atoms with van der Waals surface area (Å²) >= 11 is 5.77. The Bertz CT molecular complexity index is 324. The first-order valence-electron chi connectivity index (χ1n) is 6.72. The lowest BCUT2D eigenvalue weighted by atomic mass is 10.2. The van der Waals surface area contributed by atoms with Crippen LogP contribution >= 0.6 is 11.6 Å². The fraction of sp³-hybridized carbons (Fsp3) is 1.00. The Morgan fingerprint density at radius 3 is 2.28 bits per heavy atom. The van der Waals surface area contributed by atoms with E-state index in [0.29, 0.717) is 38.5 Å². The molecule has 0 aliphatic carbocycles. The standard InChI is InChI=1S/C12H24ClNO3S/c1-3-11(4-2)14(8-7-13)18(15,16)12-5-9-17-10-6-12/h11-12H,3-10H2,1-2H3. The number of hydrogen-bond donors (Lipinski definition) is 0. The quantitative estimate of drug-likeness (QED) is 0.677. The van der Waals surface area contributed by atoms with Crippen molar-refractivity contribution < 1.29 is 13.2 Å². The van der Waals surface area contributed by atoms with Gasteiger partial charge in [-0.2, -0.15) is 4.31 Å². The van der Waals surface area contributed by atoms with Crippen LogP contribution in [0.5, 0.6) is 0 Å². The molecule has 0 aromatic rings. The Morgan fingerprint density at radius 2 is 1.83 bits per heavy atom. The molecule has 0 amide bonds. The summed E-state index contributed by atoms with van der Waals surface area (Å²) < 4.78 is 32.2. The highest BCUT2D eigenvalue weighted by Crippen LogP contribution is 2.23. The third-order valence-electron chi connectivity index (χ3n) is 3.57. The van der Waals surface area contributed by atoms with Gasteiger partial charge in [-0.3, -0.25) is 0 Å². The van der Waals surface area contributed by atoms with Gasteiger partial charge in [0.15, 0.2) is 0 Å². The van der Waals surface area contributed by atoms with Crippen LogP contribution in [0, 0.1) is 0 Å². The second kappa shape index (κ2) is 7.68. The maximum absolute atomic E-state index is 12.6. The van der Waals surface area contributed by atoms with Crippen LogP contribution in [0.25, 0.3) is 0 Å². The van der Waals surface area contributed by atoms with Gasteiger partial charge in [0, 0.05) is 31.7 Å². The number of nitrogens with zero attached hydrogens (tertiary/aromatic N) is 1. The Hall–Kier alpha value is 0.160. The fourth-order valence-corrected chi connectivity index (χ4v) is 4.98. The second-order valence-electron chi connectivity index (χ2n) is 4.63. The van der Waals surface area contributed by atoms with Crippen LogP contribution in [-0.4, -0.2) is 49.7 Å². The highest BCUT2D eigenvalue weighted by atomic mass is 35.5. The molecule has 1 saturated heterocycles. The number of ether oxygens (including phenoxy) is 1. The van der Waals surface area contributed by atoms with E-state index < -0.39 is 10.0 Å². The minimum absolute atomic E-state index is 0.0663. The van der Waals surface area contributed by atoms with E-state index in [0.717, 1.165) is 12.8 Å². The Balaban J connectivity index is 2.87. The summed E-state index contributed by atoms with van der Waals surface area (Å²) in [6.45, 7) is 5.54. The number of rotatable bonds is 7. The Morgan fingerprint density at radius 1 is 1.28 bits per heavy atom. The molecule has 4 nitrogen and oxygen atoms in total. The van der Waals surface area contributed by atoms with Gasteiger partial charge < -0.3 is 4.74 Å². The van der Waals surface area contributed by atoms with E-state index >= 15 is 0 Å². The monoisotopic (exact) mass is 297 g/mol. The molecule has 0 saturated carbocycles. The third-order valence-corrected chi connectivity index (χ3v) is 6.19. The number of sulfonamides is 1. The average molecular weight is 298 g/mol.